The van der Waals surface area contributed by atoms with Gasteiger partial charge in [-0.3, -0.25) is 14.5 Å². The maximum absolute atomic E-state index is 14.4. The van der Waals surface area contributed by atoms with E-state index >= 15 is 0 Å². The van der Waals surface area contributed by atoms with Gasteiger partial charge >= 0.3 is 0 Å². The second-order valence-electron chi connectivity index (χ2n) is 10.1. The Kier molecular flexibility index (Phi) is 7.06. The van der Waals surface area contributed by atoms with Crippen LogP contribution in [-0.2, 0) is 9.59 Å². The lowest BCUT2D eigenvalue weighted by atomic mass is 10.0. The molecular formula is C30H31FN4O4. The predicted octanol–water partition coefficient (Wildman–Crippen LogP) is 3.59. The highest BCUT2D eigenvalue weighted by Crippen LogP contribution is 2.36. The van der Waals surface area contributed by atoms with E-state index in [1.54, 1.807) is 11.0 Å². The van der Waals surface area contributed by atoms with Crippen LogP contribution in [0.15, 0.2) is 72.8 Å². The first kappa shape index (κ1) is 25.2. The minimum absolute atomic E-state index is 0.0436. The number of rotatable bonds is 7. The molecule has 3 aliphatic heterocycles. The zero-order valence-corrected chi connectivity index (χ0v) is 21.6. The van der Waals surface area contributed by atoms with Gasteiger partial charge in [0.2, 0.25) is 18.6 Å². The number of hydrogen-bond donors (Lipinski definition) is 1. The second-order valence-corrected chi connectivity index (χ2v) is 10.1. The molecule has 0 bridgehead atoms. The Morgan fingerprint density at radius 2 is 1.69 bits per heavy atom. The molecule has 3 aromatic carbocycles. The van der Waals surface area contributed by atoms with Gasteiger partial charge in [-0.05, 0) is 42.0 Å². The average molecular weight is 531 g/mol. The van der Waals surface area contributed by atoms with Gasteiger partial charge < -0.3 is 24.6 Å². The van der Waals surface area contributed by atoms with Gasteiger partial charge in [0.15, 0.2) is 11.5 Å². The molecule has 0 aromatic heterocycles. The topological polar surface area (TPSA) is 74.4 Å². The first-order chi connectivity index (χ1) is 19.1. The number of ether oxygens (including phenoxy) is 2. The van der Waals surface area contributed by atoms with Gasteiger partial charge in [0.05, 0.1) is 17.6 Å². The highest BCUT2D eigenvalue weighted by molar-refractivity contribution is 6.00. The fourth-order valence-electron chi connectivity index (χ4n) is 5.64. The zero-order chi connectivity index (χ0) is 26.8. The van der Waals surface area contributed by atoms with E-state index in [1.165, 1.54) is 6.07 Å². The number of carbonyl (C=O) groups is 2. The Labute approximate surface area is 226 Å². The normalized spacial score (nSPS) is 19.8. The first-order valence-corrected chi connectivity index (χ1v) is 13.3. The smallest absolute Gasteiger partial charge is 0.231 e. The van der Waals surface area contributed by atoms with Gasteiger partial charge in [-0.1, -0.05) is 36.4 Å². The van der Waals surface area contributed by atoms with Gasteiger partial charge in [0, 0.05) is 51.4 Å². The molecule has 6 rings (SSSR count). The van der Waals surface area contributed by atoms with Crippen LogP contribution in [0.3, 0.4) is 0 Å². The molecule has 0 radical (unpaired) electrons. The molecule has 2 atom stereocenters. The summed E-state index contributed by atoms with van der Waals surface area (Å²) in [5.74, 6) is 0.592. The third kappa shape index (κ3) is 5.27. The van der Waals surface area contributed by atoms with E-state index in [1.807, 2.05) is 60.7 Å². The van der Waals surface area contributed by atoms with Crippen molar-refractivity contribution in [1.82, 2.24) is 10.2 Å². The summed E-state index contributed by atoms with van der Waals surface area (Å²) in [6.07, 6.45) is 0.191. The Morgan fingerprint density at radius 1 is 0.949 bits per heavy atom. The van der Waals surface area contributed by atoms with Gasteiger partial charge in [0.1, 0.15) is 5.82 Å². The van der Waals surface area contributed by atoms with Crippen molar-refractivity contribution in [3.8, 4) is 11.5 Å². The maximum atomic E-state index is 14.4. The molecule has 2 fully saturated rings. The van der Waals surface area contributed by atoms with Gasteiger partial charge in [-0.15, -0.1) is 0 Å². The van der Waals surface area contributed by atoms with Crippen molar-refractivity contribution in [2.75, 3.05) is 55.9 Å². The summed E-state index contributed by atoms with van der Waals surface area (Å²) in [7, 11) is 0. The number of hydrogen-bond acceptors (Lipinski definition) is 6. The van der Waals surface area contributed by atoms with Crippen molar-refractivity contribution in [3.05, 3.63) is 84.2 Å². The Bertz CT molecular complexity index is 1350. The standard InChI is InChI=1S/C30H31FN4O4/c31-24-8-4-5-9-25(24)33-12-14-34(15-13-33)26(21-10-11-27-28(16-21)39-20-38-27)18-32-30(37)22-17-29(36)35(19-22)23-6-2-1-3-7-23/h1-11,16,22,26H,12-15,17-20H2,(H,32,37)/t22-,26-/m1/s1. The number of benzene rings is 3. The monoisotopic (exact) mass is 530 g/mol. The number of anilines is 2. The molecular weight excluding hydrogens is 499 g/mol. The molecule has 3 aromatic rings. The van der Waals surface area contributed by atoms with Crippen LogP contribution in [0.25, 0.3) is 0 Å². The minimum atomic E-state index is -0.409. The predicted molar refractivity (Wildman–Crippen MR) is 145 cm³/mol. The van der Waals surface area contributed by atoms with Crippen molar-refractivity contribution in [1.29, 1.82) is 0 Å². The van der Waals surface area contributed by atoms with E-state index in [0.29, 0.717) is 56.5 Å². The molecule has 8 nitrogen and oxygen atoms in total. The molecule has 0 saturated carbocycles. The zero-order valence-electron chi connectivity index (χ0n) is 21.6. The molecule has 1 N–H and O–H groups in total. The van der Waals surface area contributed by atoms with Crippen LogP contribution in [0.5, 0.6) is 11.5 Å². The van der Waals surface area contributed by atoms with Crippen molar-refractivity contribution >= 4 is 23.2 Å². The summed E-state index contributed by atoms with van der Waals surface area (Å²) < 4.78 is 25.5. The van der Waals surface area contributed by atoms with Crippen LogP contribution in [-0.4, -0.2) is 62.8 Å². The van der Waals surface area contributed by atoms with Crippen molar-refractivity contribution in [3.63, 3.8) is 0 Å². The summed E-state index contributed by atoms with van der Waals surface area (Å²) in [5, 5.41) is 3.13. The molecule has 9 heteroatoms. The number of halogens is 1. The highest BCUT2D eigenvalue weighted by Gasteiger charge is 2.36. The van der Waals surface area contributed by atoms with E-state index in [-0.39, 0.29) is 36.9 Å². The van der Waals surface area contributed by atoms with E-state index in [9.17, 15) is 14.0 Å². The number of fused-ring (bicyclic) bond motifs is 1. The fraction of sp³-hybridized carbons (Fsp3) is 0.333. The molecule has 2 amide bonds. The highest BCUT2D eigenvalue weighted by atomic mass is 19.1. The SMILES string of the molecule is O=C(NC[C@H](c1ccc2c(c1)OCO2)N1CCN(c2ccccc2F)CC1)[C@@H]1CC(=O)N(c2ccccc2)C1. The number of piperazine rings is 1. The third-order valence-electron chi connectivity index (χ3n) is 7.76. The first-order valence-electron chi connectivity index (χ1n) is 13.3. The fourth-order valence-corrected chi connectivity index (χ4v) is 5.64. The lowest BCUT2D eigenvalue weighted by molar-refractivity contribution is -0.126. The summed E-state index contributed by atoms with van der Waals surface area (Å²) in [5.41, 5.74) is 2.43. The number of para-hydroxylation sites is 2. The Hall–Kier alpha value is -4.11. The third-order valence-corrected chi connectivity index (χ3v) is 7.76. The summed E-state index contributed by atoms with van der Waals surface area (Å²) in [6.45, 7) is 3.67. The number of amides is 2. The molecule has 39 heavy (non-hydrogen) atoms. The number of carbonyl (C=O) groups excluding carboxylic acids is 2. The van der Waals surface area contributed by atoms with E-state index in [0.717, 1.165) is 11.3 Å². The molecule has 0 unspecified atom stereocenters. The summed E-state index contributed by atoms with van der Waals surface area (Å²) >= 11 is 0. The molecule has 202 valence electrons. The van der Waals surface area contributed by atoms with Gasteiger partial charge in [-0.2, -0.15) is 0 Å². The van der Waals surface area contributed by atoms with Crippen LogP contribution in [0.4, 0.5) is 15.8 Å². The molecule has 2 saturated heterocycles. The van der Waals surface area contributed by atoms with Crippen LogP contribution in [0.1, 0.15) is 18.0 Å². The Morgan fingerprint density at radius 3 is 2.49 bits per heavy atom. The summed E-state index contributed by atoms with van der Waals surface area (Å²) in [4.78, 5) is 32.0. The molecule has 0 aliphatic carbocycles. The van der Waals surface area contributed by atoms with Crippen LogP contribution >= 0.6 is 0 Å². The molecule has 0 spiro atoms. The maximum Gasteiger partial charge on any atom is 0.231 e. The average Bonchev–Trinajstić information content (AvgIpc) is 3.60. The van der Waals surface area contributed by atoms with E-state index < -0.39 is 5.92 Å². The number of nitrogens with zero attached hydrogens (tertiary/aromatic N) is 3. The molecule has 3 heterocycles. The quantitative estimate of drug-likeness (QED) is 0.504. The second kappa shape index (κ2) is 10.9. The number of nitrogens with one attached hydrogen (secondary N) is 1. The summed E-state index contributed by atoms with van der Waals surface area (Å²) in [6, 6.07) is 22.0. The van der Waals surface area contributed by atoms with Gasteiger partial charge in [-0.25, -0.2) is 4.39 Å². The van der Waals surface area contributed by atoms with Crippen molar-refractivity contribution < 1.29 is 23.5 Å². The minimum Gasteiger partial charge on any atom is -0.454 e. The Balaban J connectivity index is 1.15. The van der Waals surface area contributed by atoms with Crippen molar-refractivity contribution in [2.24, 2.45) is 5.92 Å². The van der Waals surface area contributed by atoms with Crippen LogP contribution in [0, 0.1) is 11.7 Å². The van der Waals surface area contributed by atoms with Crippen LogP contribution < -0.4 is 24.6 Å². The van der Waals surface area contributed by atoms with E-state index in [4.69, 9.17) is 9.47 Å². The van der Waals surface area contributed by atoms with Crippen LogP contribution in [0.2, 0.25) is 0 Å². The largest absolute Gasteiger partial charge is 0.454 e. The van der Waals surface area contributed by atoms with E-state index in [2.05, 4.69) is 15.1 Å². The van der Waals surface area contributed by atoms with Crippen molar-refractivity contribution in [2.45, 2.75) is 12.5 Å². The van der Waals surface area contributed by atoms with Gasteiger partial charge in [0.25, 0.3) is 0 Å². The molecule has 3 aliphatic rings. The lowest BCUT2D eigenvalue weighted by Crippen LogP contribution is -2.50. The lowest BCUT2D eigenvalue weighted by Gasteiger charge is -2.40.